The molecule has 2 atom stereocenters. The maximum absolute atomic E-state index is 11.6. The number of anilines is 1. The van der Waals surface area contributed by atoms with Crippen LogP contribution >= 0.6 is 0 Å². The largest absolute Gasteiger partial charge is 0.389 e. The third-order valence-corrected chi connectivity index (χ3v) is 5.16. The second-order valence-electron chi connectivity index (χ2n) is 4.89. The van der Waals surface area contributed by atoms with Crippen LogP contribution in [0.4, 0.5) is 5.69 Å². The molecule has 1 saturated heterocycles. The molecule has 2 rings (SSSR count). The van der Waals surface area contributed by atoms with E-state index in [1.54, 1.807) is 6.92 Å². The maximum atomic E-state index is 11.6. The number of sulfone groups is 1. The highest BCUT2D eigenvalue weighted by atomic mass is 32.2. The molecule has 1 N–H and O–H groups in total. The third kappa shape index (κ3) is 2.67. The molecular weight excluding hydrogens is 250 g/mol. The van der Waals surface area contributed by atoms with Gasteiger partial charge in [-0.2, -0.15) is 0 Å². The van der Waals surface area contributed by atoms with Gasteiger partial charge in [-0.1, -0.05) is 18.2 Å². The molecule has 0 radical (unpaired) electrons. The van der Waals surface area contributed by atoms with Crippen LogP contribution in [0, 0.1) is 0 Å². The van der Waals surface area contributed by atoms with Crippen molar-refractivity contribution in [2.45, 2.75) is 26.0 Å². The lowest BCUT2D eigenvalue weighted by molar-refractivity contribution is 0.199. The van der Waals surface area contributed by atoms with E-state index in [0.29, 0.717) is 6.54 Å². The van der Waals surface area contributed by atoms with Gasteiger partial charge < -0.3 is 10.0 Å². The van der Waals surface area contributed by atoms with Crippen LogP contribution in [0.5, 0.6) is 0 Å². The summed E-state index contributed by atoms with van der Waals surface area (Å²) in [7, 11) is -2.91. The molecule has 0 aromatic heterocycles. The Hall–Kier alpha value is -1.07. The summed E-state index contributed by atoms with van der Waals surface area (Å²) in [4.78, 5) is 2.07. The van der Waals surface area contributed by atoms with Crippen molar-refractivity contribution in [2.75, 3.05) is 23.0 Å². The molecule has 1 heterocycles. The zero-order valence-corrected chi connectivity index (χ0v) is 11.5. The van der Waals surface area contributed by atoms with Gasteiger partial charge in [-0.3, -0.25) is 0 Å². The van der Waals surface area contributed by atoms with Crippen molar-refractivity contribution in [3.63, 3.8) is 0 Å². The summed E-state index contributed by atoms with van der Waals surface area (Å²) in [6.45, 7) is 4.13. The van der Waals surface area contributed by atoms with E-state index in [4.69, 9.17) is 0 Å². The minimum Gasteiger partial charge on any atom is -0.389 e. The van der Waals surface area contributed by atoms with Crippen LogP contribution in [-0.2, 0) is 9.84 Å². The second-order valence-corrected chi connectivity index (χ2v) is 7.12. The first-order valence-electron chi connectivity index (χ1n) is 6.15. The Morgan fingerprint density at radius 2 is 2.06 bits per heavy atom. The fourth-order valence-corrected chi connectivity index (χ4v) is 4.02. The van der Waals surface area contributed by atoms with Crippen molar-refractivity contribution in [1.82, 2.24) is 0 Å². The highest BCUT2D eigenvalue weighted by molar-refractivity contribution is 7.91. The van der Waals surface area contributed by atoms with E-state index in [1.165, 1.54) is 0 Å². The summed E-state index contributed by atoms with van der Waals surface area (Å²) >= 11 is 0. The van der Waals surface area contributed by atoms with Crippen molar-refractivity contribution >= 4 is 15.5 Å². The minimum atomic E-state index is -2.91. The molecule has 18 heavy (non-hydrogen) atoms. The van der Waals surface area contributed by atoms with Gasteiger partial charge in [0.15, 0.2) is 9.84 Å². The van der Waals surface area contributed by atoms with Crippen molar-refractivity contribution in [1.29, 1.82) is 0 Å². The van der Waals surface area contributed by atoms with E-state index in [0.717, 1.165) is 11.3 Å². The van der Waals surface area contributed by atoms with Crippen LogP contribution in [0.15, 0.2) is 24.3 Å². The molecule has 0 bridgehead atoms. The summed E-state index contributed by atoms with van der Waals surface area (Å²) < 4.78 is 23.2. The molecule has 1 aromatic carbocycles. The van der Waals surface area contributed by atoms with Crippen LogP contribution in [0.2, 0.25) is 0 Å². The van der Waals surface area contributed by atoms with Crippen molar-refractivity contribution in [3.8, 4) is 0 Å². The number of hydrogen-bond acceptors (Lipinski definition) is 4. The Labute approximate surface area is 108 Å². The molecule has 0 spiro atoms. The smallest absolute Gasteiger partial charge is 0.154 e. The molecule has 1 unspecified atom stereocenters. The van der Waals surface area contributed by atoms with E-state index in [1.807, 2.05) is 31.2 Å². The van der Waals surface area contributed by atoms with Crippen molar-refractivity contribution in [3.05, 3.63) is 29.8 Å². The van der Waals surface area contributed by atoms with Gasteiger partial charge >= 0.3 is 0 Å². The van der Waals surface area contributed by atoms with Gasteiger partial charge in [0.05, 0.1) is 17.6 Å². The third-order valence-electron chi connectivity index (χ3n) is 3.37. The first kappa shape index (κ1) is 13.4. The minimum absolute atomic E-state index is 0.0522. The predicted molar refractivity (Wildman–Crippen MR) is 72.5 cm³/mol. The Morgan fingerprint density at radius 1 is 1.39 bits per heavy atom. The average Bonchev–Trinajstić information content (AvgIpc) is 2.28. The number of aliphatic hydroxyl groups is 1. The summed E-state index contributed by atoms with van der Waals surface area (Å²) in [5, 5.41) is 9.78. The quantitative estimate of drug-likeness (QED) is 0.881. The molecular formula is C13H19NO3S. The maximum Gasteiger partial charge on any atom is 0.154 e. The zero-order valence-electron chi connectivity index (χ0n) is 10.7. The average molecular weight is 269 g/mol. The Kier molecular flexibility index (Phi) is 3.64. The number of aliphatic hydroxyl groups excluding tert-OH is 1. The fourth-order valence-electron chi connectivity index (χ4n) is 2.46. The van der Waals surface area contributed by atoms with Gasteiger partial charge in [0.25, 0.3) is 0 Å². The molecule has 0 amide bonds. The van der Waals surface area contributed by atoms with Gasteiger partial charge in [0, 0.05) is 23.8 Å². The number of para-hydroxylation sites is 1. The van der Waals surface area contributed by atoms with Gasteiger partial charge in [0.2, 0.25) is 0 Å². The summed E-state index contributed by atoms with van der Waals surface area (Å²) in [6, 6.07) is 7.57. The van der Waals surface area contributed by atoms with Crippen LogP contribution in [0.3, 0.4) is 0 Å². The van der Waals surface area contributed by atoms with E-state index >= 15 is 0 Å². The molecule has 1 fully saturated rings. The predicted octanol–water partition coefficient (Wildman–Crippen LogP) is 1.36. The van der Waals surface area contributed by atoms with Crippen molar-refractivity contribution in [2.24, 2.45) is 0 Å². The van der Waals surface area contributed by atoms with Crippen LogP contribution in [0.1, 0.15) is 25.5 Å². The Bertz CT molecular complexity index is 525. The lowest BCUT2D eigenvalue weighted by Crippen LogP contribution is -2.47. The molecule has 1 aliphatic rings. The van der Waals surface area contributed by atoms with E-state index < -0.39 is 15.9 Å². The SMILES string of the molecule is CC1CS(=O)(=O)CCN1c1ccccc1[C@@H](C)O. The Morgan fingerprint density at radius 3 is 2.67 bits per heavy atom. The monoisotopic (exact) mass is 269 g/mol. The summed E-state index contributed by atoms with van der Waals surface area (Å²) in [6.07, 6.45) is -0.549. The summed E-state index contributed by atoms with van der Waals surface area (Å²) in [5.74, 6) is 0.368. The number of rotatable bonds is 2. The summed E-state index contributed by atoms with van der Waals surface area (Å²) in [5.41, 5.74) is 1.79. The molecule has 0 aliphatic carbocycles. The fraction of sp³-hybridized carbons (Fsp3) is 0.538. The highest BCUT2D eigenvalue weighted by Crippen LogP contribution is 2.29. The van der Waals surface area contributed by atoms with Gasteiger partial charge in [-0.05, 0) is 19.9 Å². The lowest BCUT2D eigenvalue weighted by atomic mass is 10.1. The first-order chi connectivity index (χ1) is 8.41. The van der Waals surface area contributed by atoms with Crippen molar-refractivity contribution < 1.29 is 13.5 Å². The topological polar surface area (TPSA) is 57.6 Å². The lowest BCUT2D eigenvalue weighted by Gasteiger charge is -2.36. The second kappa shape index (κ2) is 4.90. The number of nitrogens with zero attached hydrogens (tertiary/aromatic N) is 1. The molecule has 1 aromatic rings. The molecule has 5 heteroatoms. The normalized spacial score (nSPS) is 24.8. The molecule has 4 nitrogen and oxygen atoms in total. The standard InChI is InChI=1S/C13H19NO3S/c1-10-9-18(16,17)8-7-14(10)13-6-4-3-5-12(13)11(2)15/h3-6,10-11,15H,7-9H2,1-2H3/t10?,11-/m1/s1. The van der Waals surface area contributed by atoms with Crippen LogP contribution < -0.4 is 4.90 Å². The van der Waals surface area contributed by atoms with E-state index in [2.05, 4.69) is 4.90 Å². The van der Waals surface area contributed by atoms with Crippen LogP contribution in [-0.4, -0.2) is 37.6 Å². The van der Waals surface area contributed by atoms with Crippen LogP contribution in [0.25, 0.3) is 0 Å². The highest BCUT2D eigenvalue weighted by Gasteiger charge is 2.29. The number of benzene rings is 1. The molecule has 100 valence electrons. The van der Waals surface area contributed by atoms with E-state index in [9.17, 15) is 13.5 Å². The number of hydrogen-bond donors (Lipinski definition) is 1. The van der Waals surface area contributed by atoms with Gasteiger partial charge in [-0.25, -0.2) is 8.42 Å². The van der Waals surface area contributed by atoms with Gasteiger partial charge in [-0.15, -0.1) is 0 Å². The van der Waals surface area contributed by atoms with Gasteiger partial charge in [0.1, 0.15) is 0 Å². The first-order valence-corrected chi connectivity index (χ1v) is 7.97. The molecule has 0 saturated carbocycles. The van der Waals surface area contributed by atoms with E-state index in [-0.39, 0.29) is 17.5 Å². The molecule has 1 aliphatic heterocycles. The zero-order chi connectivity index (χ0) is 13.3. The Balaban J connectivity index is 2.33.